The van der Waals surface area contributed by atoms with Crippen molar-refractivity contribution in [1.29, 1.82) is 0 Å². The highest BCUT2D eigenvalue weighted by atomic mass is 16.5. The molecular weight excluding hydrogens is 314 g/mol. The molecule has 0 heterocycles. The summed E-state index contributed by atoms with van der Waals surface area (Å²) < 4.78 is 5.56. The number of benzene rings is 1. The first-order chi connectivity index (χ1) is 12.1. The molecule has 1 aromatic rings. The average molecular weight is 343 g/mol. The van der Waals surface area contributed by atoms with E-state index in [9.17, 15) is 9.59 Å². The Balaban J connectivity index is 1.58. The molecule has 25 heavy (non-hydrogen) atoms. The van der Waals surface area contributed by atoms with Gasteiger partial charge >= 0.3 is 5.97 Å². The maximum absolute atomic E-state index is 12.4. The van der Waals surface area contributed by atoms with Crippen molar-refractivity contribution >= 4 is 17.6 Å². The third-order valence-corrected chi connectivity index (χ3v) is 5.59. The second-order valence-corrected chi connectivity index (χ2v) is 7.56. The van der Waals surface area contributed by atoms with Gasteiger partial charge in [0.25, 0.3) is 0 Å². The number of carbonyl (C=O) groups excluding carboxylic acids is 2. The molecule has 2 aliphatic carbocycles. The van der Waals surface area contributed by atoms with Crippen molar-refractivity contribution in [2.24, 2.45) is 11.8 Å². The lowest BCUT2D eigenvalue weighted by Crippen LogP contribution is -2.25. The van der Waals surface area contributed by atoms with Crippen LogP contribution in [0, 0.1) is 18.8 Å². The summed E-state index contributed by atoms with van der Waals surface area (Å²) in [6, 6.07) is 5.47. The summed E-state index contributed by atoms with van der Waals surface area (Å²) in [6.45, 7) is 1.94. The lowest BCUT2D eigenvalue weighted by atomic mass is 9.88. The monoisotopic (exact) mass is 343 g/mol. The molecule has 4 nitrogen and oxygen atoms in total. The Bertz CT molecular complexity index is 614. The van der Waals surface area contributed by atoms with Gasteiger partial charge in [-0.05, 0) is 56.4 Å². The van der Waals surface area contributed by atoms with E-state index in [4.69, 9.17) is 4.74 Å². The molecule has 0 spiro atoms. The van der Waals surface area contributed by atoms with Gasteiger partial charge in [0, 0.05) is 11.6 Å². The number of rotatable bonds is 4. The maximum atomic E-state index is 12.4. The van der Waals surface area contributed by atoms with Gasteiger partial charge < -0.3 is 10.1 Å². The van der Waals surface area contributed by atoms with Crippen LogP contribution < -0.4 is 10.1 Å². The fraction of sp³-hybridized carbons (Fsp3) is 0.619. The van der Waals surface area contributed by atoms with E-state index in [1.807, 2.05) is 19.1 Å². The van der Waals surface area contributed by atoms with Gasteiger partial charge in [-0.1, -0.05) is 38.5 Å². The number of amides is 1. The lowest BCUT2D eigenvalue weighted by molar-refractivity contribution is -0.140. The summed E-state index contributed by atoms with van der Waals surface area (Å²) in [5.41, 5.74) is 1.74. The number of aryl methyl sites for hydroxylation is 1. The summed E-state index contributed by atoms with van der Waals surface area (Å²) in [5.74, 6) is 0.758. The fourth-order valence-corrected chi connectivity index (χ4v) is 3.98. The van der Waals surface area contributed by atoms with Crippen LogP contribution in [0.1, 0.15) is 69.8 Å². The van der Waals surface area contributed by atoms with E-state index in [1.165, 1.54) is 12.8 Å². The van der Waals surface area contributed by atoms with Gasteiger partial charge in [-0.3, -0.25) is 9.59 Å². The molecule has 4 heteroatoms. The van der Waals surface area contributed by atoms with Gasteiger partial charge in [-0.2, -0.15) is 0 Å². The molecule has 136 valence electrons. The molecule has 0 radical (unpaired) electrons. The van der Waals surface area contributed by atoms with E-state index in [0.717, 1.165) is 62.6 Å². The minimum absolute atomic E-state index is 0.0414. The molecule has 2 aliphatic rings. The SMILES string of the molecule is Cc1cc(OC(=O)C2CCCCC2)ccc1NC(=O)C1CCCCC1. The van der Waals surface area contributed by atoms with Gasteiger partial charge in [-0.15, -0.1) is 0 Å². The van der Waals surface area contributed by atoms with Crippen LogP contribution in [0.2, 0.25) is 0 Å². The predicted molar refractivity (Wildman–Crippen MR) is 98.6 cm³/mol. The topological polar surface area (TPSA) is 55.4 Å². The number of carbonyl (C=O) groups is 2. The number of hydrogen-bond acceptors (Lipinski definition) is 3. The van der Waals surface area contributed by atoms with Crippen molar-refractivity contribution in [2.45, 2.75) is 71.1 Å². The Labute approximate surface area is 150 Å². The largest absolute Gasteiger partial charge is 0.426 e. The molecule has 0 aliphatic heterocycles. The van der Waals surface area contributed by atoms with Crippen molar-refractivity contribution < 1.29 is 14.3 Å². The third kappa shape index (κ3) is 4.83. The standard InChI is InChI=1S/C21H29NO3/c1-15-14-18(25-21(24)17-10-6-3-7-11-17)12-13-19(15)22-20(23)16-8-4-2-5-9-16/h12-14,16-17H,2-11H2,1H3,(H,22,23). The molecule has 1 amide bonds. The third-order valence-electron chi connectivity index (χ3n) is 5.59. The minimum Gasteiger partial charge on any atom is -0.426 e. The highest BCUT2D eigenvalue weighted by molar-refractivity contribution is 5.93. The van der Waals surface area contributed by atoms with Crippen LogP contribution in [-0.2, 0) is 9.59 Å². The zero-order valence-electron chi connectivity index (χ0n) is 15.2. The van der Waals surface area contributed by atoms with Gasteiger partial charge in [0.1, 0.15) is 5.75 Å². The molecule has 0 saturated heterocycles. The van der Waals surface area contributed by atoms with E-state index in [-0.39, 0.29) is 23.7 Å². The second kappa shape index (κ2) is 8.50. The molecule has 0 bridgehead atoms. The van der Waals surface area contributed by atoms with E-state index in [2.05, 4.69) is 5.32 Å². The Kier molecular flexibility index (Phi) is 6.11. The first-order valence-corrected chi connectivity index (χ1v) is 9.76. The normalized spacial score (nSPS) is 19.4. The number of anilines is 1. The maximum Gasteiger partial charge on any atom is 0.314 e. The predicted octanol–water partition coefficient (Wildman–Crippen LogP) is 5.00. The summed E-state index contributed by atoms with van der Waals surface area (Å²) >= 11 is 0. The molecule has 3 rings (SSSR count). The quantitative estimate of drug-likeness (QED) is 0.618. The Morgan fingerprint density at radius 1 is 0.920 bits per heavy atom. The van der Waals surface area contributed by atoms with E-state index in [1.54, 1.807) is 6.07 Å². The van der Waals surface area contributed by atoms with Crippen LogP contribution in [0.15, 0.2) is 18.2 Å². The van der Waals surface area contributed by atoms with Crippen molar-refractivity contribution in [2.75, 3.05) is 5.32 Å². The van der Waals surface area contributed by atoms with E-state index >= 15 is 0 Å². The Morgan fingerprint density at radius 3 is 2.12 bits per heavy atom. The van der Waals surface area contributed by atoms with Crippen molar-refractivity contribution in [3.63, 3.8) is 0 Å². The van der Waals surface area contributed by atoms with Crippen molar-refractivity contribution in [3.8, 4) is 5.75 Å². The smallest absolute Gasteiger partial charge is 0.314 e. The summed E-state index contributed by atoms with van der Waals surface area (Å²) in [7, 11) is 0. The van der Waals surface area contributed by atoms with E-state index < -0.39 is 0 Å². The molecule has 1 aromatic carbocycles. The molecule has 2 saturated carbocycles. The molecule has 0 aromatic heterocycles. The number of esters is 1. The van der Waals surface area contributed by atoms with Gasteiger partial charge in [0.2, 0.25) is 5.91 Å². The van der Waals surface area contributed by atoms with Crippen molar-refractivity contribution in [3.05, 3.63) is 23.8 Å². The number of ether oxygens (including phenoxy) is 1. The number of nitrogens with one attached hydrogen (secondary N) is 1. The van der Waals surface area contributed by atoms with Crippen molar-refractivity contribution in [1.82, 2.24) is 0 Å². The van der Waals surface area contributed by atoms with Crippen LogP contribution in [-0.4, -0.2) is 11.9 Å². The van der Waals surface area contributed by atoms with Gasteiger partial charge in [0.05, 0.1) is 5.92 Å². The lowest BCUT2D eigenvalue weighted by Gasteiger charge is -2.22. The molecular formula is C21H29NO3. The Hall–Kier alpha value is -1.84. The second-order valence-electron chi connectivity index (χ2n) is 7.56. The highest BCUT2D eigenvalue weighted by Gasteiger charge is 2.24. The summed E-state index contributed by atoms with van der Waals surface area (Å²) in [6.07, 6.45) is 10.8. The highest BCUT2D eigenvalue weighted by Crippen LogP contribution is 2.29. The first-order valence-electron chi connectivity index (χ1n) is 9.76. The average Bonchev–Trinajstić information content (AvgIpc) is 2.65. The van der Waals surface area contributed by atoms with Crippen LogP contribution in [0.4, 0.5) is 5.69 Å². The summed E-state index contributed by atoms with van der Waals surface area (Å²) in [5, 5.41) is 3.04. The van der Waals surface area contributed by atoms with Crippen LogP contribution in [0.5, 0.6) is 5.75 Å². The first kappa shape index (κ1) is 18.0. The van der Waals surface area contributed by atoms with Crippen LogP contribution >= 0.6 is 0 Å². The van der Waals surface area contributed by atoms with Gasteiger partial charge in [-0.25, -0.2) is 0 Å². The zero-order chi connectivity index (χ0) is 17.6. The van der Waals surface area contributed by atoms with E-state index in [0.29, 0.717) is 5.75 Å². The molecule has 0 atom stereocenters. The zero-order valence-corrected chi connectivity index (χ0v) is 15.2. The minimum atomic E-state index is -0.113. The molecule has 0 unspecified atom stereocenters. The van der Waals surface area contributed by atoms with Crippen LogP contribution in [0.25, 0.3) is 0 Å². The van der Waals surface area contributed by atoms with Gasteiger partial charge in [0.15, 0.2) is 0 Å². The fourth-order valence-electron chi connectivity index (χ4n) is 3.98. The Morgan fingerprint density at radius 2 is 1.52 bits per heavy atom. The molecule has 1 N–H and O–H groups in total. The molecule has 2 fully saturated rings. The number of hydrogen-bond donors (Lipinski definition) is 1. The van der Waals surface area contributed by atoms with Crippen LogP contribution in [0.3, 0.4) is 0 Å². The summed E-state index contributed by atoms with van der Waals surface area (Å²) in [4.78, 5) is 24.6.